The van der Waals surface area contributed by atoms with Crippen molar-refractivity contribution in [1.29, 1.82) is 0 Å². The molecule has 0 N–H and O–H groups in total. The monoisotopic (exact) mass is 280 g/mol. The number of rotatable bonds is 7. The van der Waals surface area contributed by atoms with E-state index in [1.54, 1.807) is 7.11 Å². The molecule has 0 aliphatic heterocycles. The third-order valence-corrected chi connectivity index (χ3v) is 4.76. The molecular weight excluding hydrogens is 260 g/mol. The molecule has 0 amide bonds. The van der Waals surface area contributed by atoms with E-state index in [0.29, 0.717) is 17.9 Å². The number of fused-ring (bicyclic) bond motifs is 1. The molecule has 0 heterocycles. The highest BCUT2D eigenvalue weighted by Gasteiger charge is 2.15. The number of ether oxygens (including phenoxy) is 1. The lowest BCUT2D eigenvalue weighted by molar-refractivity contribution is 0.102. The highest BCUT2D eigenvalue weighted by molar-refractivity contribution is 7.85. The van der Waals surface area contributed by atoms with Gasteiger partial charge in [-0.25, -0.2) is 0 Å². The Labute approximate surface area is 116 Å². The van der Waals surface area contributed by atoms with Gasteiger partial charge in [0.2, 0.25) is 0 Å². The zero-order valence-corrected chi connectivity index (χ0v) is 12.1. The van der Waals surface area contributed by atoms with Crippen LogP contribution >= 0.6 is 0 Å². The summed E-state index contributed by atoms with van der Waals surface area (Å²) in [4.78, 5) is 12.1. The van der Waals surface area contributed by atoms with E-state index >= 15 is 0 Å². The fraction of sp³-hybridized carbons (Fsp3) is 0.533. The number of ketones is 1. The van der Waals surface area contributed by atoms with Gasteiger partial charge in [0.25, 0.3) is 0 Å². The van der Waals surface area contributed by atoms with Crippen molar-refractivity contribution in [3.8, 4) is 0 Å². The van der Waals surface area contributed by atoms with Crippen LogP contribution in [0.15, 0.2) is 18.2 Å². The van der Waals surface area contributed by atoms with Crippen LogP contribution in [-0.2, 0) is 28.4 Å². The molecule has 3 nitrogen and oxygen atoms in total. The average Bonchev–Trinajstić information content (AvgIpc) is 2.86. The van der Waals surface area contributed by atoms with Crippen molar-refractivity contribution in [2.75, 3.05) is 25.2 Å². The molecule has 0 saturated heterocycles. The Morgan fingerprint density at radius 3 is 2.89 bits per heavy atom. The zero-order chi connectivity index (χ0) is 13.7. The van der Waals surface area contributed by atoms with E-state index in [9.17, 15) is 9.00 Å². The number of carbonyl (C=O) groups excluding carboxylic acids is 1. The van der Waals surface area contributed by atoms with Crippen LogP contribution in [0.1, 0.15) is 34.3 Å². The van der Waals surface area contributed by atoms with Crippen LogP contribution < -0.4 is 0 Å². The van der Waals surface area contributed by atoms with Crippen molar-refractivity contribution in [3.63, 3.8) is 0 Å². The molecule has 1 aliphatic carbocycles. The van der Waals surface area contributed by atoms with E-state index in [4.69, 9.17) is 4.74 Å². The third-order valence-electron chi connectivity index (χ3n) is 3.43. The second-order valence-corrected chi connectivity index (χ2v) is 6.47. The van der Waals surface area contributed by atoms with Gasteiger partial charge in [-0.3, -0.25) is 9.00 Å². The van der Waals surface area contributed by atoms with E-state index in [2.05, 4.69) is 0 Å². The first-order valence-corrected chi connectivity index (χ1v) is 8.18. The van der Waals surface area contributed by atoms with Crippen LogP contribution in [0.3, 0.4) is 0 Å². The molecule has 1 unspecified atom stereocenters. The Morgan fingerprint density at radius 2 is 2.11 bits per heavy atom. The van der Waals surface area contributed by atoms with Crippen LogP contribution in [-0.4, -0.2) is 35.2 Å². The quantitative estimate of drug-likeness (QED) is 0.568. The Bertz CT molecular complexity index is 482. The summed E-state index contributed by atoms with van der Waals surface area (Å²) in [7, 11) is 0.544. The molecule has 4 heteroatoms. The van der Waals surface area contributed by atoms with E-state index in [1.807, 2.05) is 18.2 Å². The van der Waals surface area contributed by atoms with Gasteiger partial charge in [0.1, 0.15) is 0 Å². The summed E-state index contributed by atoms with van der Waals surface area (Å²) in [6.45, 7) is 0.596. The van der Waals surface area contributed by atoms with Crippen LogP contribution in [0, 0.1) is 0 Å². The number of Topliss-reactive ketones (excluding diaryl/α,β-unsaturated/α-hetero) is 1. The van der Waals surface area contributed by atoms with E-state index < -0.39 is 10.8 Å². The first-order valence-electron chi connectivity index (χ1n) is 6.69. The zero-order valence-electron chi connectivity index (χ0n) is 11.3. The number of aryl methyl sites for hydroxylation is 2. The molecular formula is C15H20O3S. The molecule has 0 saturated carbocycles. The smallest absolute Gasteiger partial charge is 0.175 e. The van der Waals surface area contributed by atoms with Gasteiger partial charge in [-0.2, -0.15) is 0 Å². The third kappa shape index (κ3) is 3.98. The van der Waals surface area contributed by atoms with E-state index in [0.717, 1.165) is 19.3 Å². The molecule has 0 aromatic heterocycles. The second kappa shape index (κ2) is 6.96. The summed E-state index contributed by atoms with van der Waals surface area (Å²) in [5.41, 5.74) is 3.36. The highest BCUT2D eigenvalue weighted by atomic mass is 32.2. The standard InChI is InChI=1S/C15H20O3S/c1-18-8-3-9-19(17)11-15(16)14-7-6-12-4-2-5-13(12)10-14/h6-7,10H,2-5,8-9,11H2,1H3. The van der Waals surface area contributed by atoms with Crippen molar-refractivity contribution in [1.82, 2.24) is 0 Å². The Hall–Kier alpha value is -1.00. The molecule has 0 bridgehead atoms. The average molecular weight is 280 g/mol. The van der Waals surface area contributed by atoms with Gasteiger partial charge in [0.05, 0.1) is 5.75 Å². The molecule has 1 atom stereocenters. The fourth-order valence-corrected chi connectivity index (χ4v) is 3.45. The van der Waals surface area contributed by atoms with Gasteiger partial charge in [-0.05, 0) is 42.9 Å². The largest absolute Gasteiger partial charge is 0.385 e. The number of methoxy groups -OCH3 is 1. The van der Waals surface area contributed by atoms with E-state index in [1.165, 1.54) is 17.5 Å². The molecule has 0 radical (unpaired) electrons. The van der Waals surface area contributed by atoms with Gasteiger partial charge in [0.15, 0.2) is 5.78 Å². The van der Waals surface area contributed by atoms with Gasteiger partial charge >= 0.3 is 0 Å². The van der Waals surface area contributed by atoms with Crippen molar-refractivity contribution in [3.05, 3.63) is 34.9 Å². The summed E-state index contributed by atoms with van der Waals surface area (Å²) < 4.78 is 16.7. The van der Waals surface area contributed by atoms with Gasteiger partial charge in [0, 0.05) is 35.8 Å². The SMILES string of the molecule is COCCCS(=O)CC(=O)c1ccc2c(c1)CCC2. The Kier molecular flexibility index (Phi) is 5.28. The minimum atomic E-state index is -1.08. The maximum absolute atomic E-state index is 12.1. The maximum Gasteiger partial charge on any atom is 0.175 e. The normalized spacial score (nSPS) is 15.2. The second-order valence-electron chi connectivity index (χ2n) is 4.89. The number of hydrogen-bond acceptors (Lipinski definition) is 3. The summed E-state index contributed by atoms with van der Waals surface area (Å²) in [6.07, 6.45) is 4.09. The lowest BCUT2D eigenvalue weighted by Crippen LogP contribution is -2.14. The molecule has 0 spiro atoms. The van der Waals surface area contributed by atoms with Crippen LogP contribution in [0.4, 0.5) is 0 Å². The predicted octanol–water partition coefficient (Wildman–Crippen LogP) is 2.14. The van der Waals surface area contributed by atoms with Gasteiger partial charge in [-0.15, -0.1) is 0 Å². The van der Waals surface area contributed by atoms with Crippen molar-refractivity contribution in [2.45, 2.75) is 25.7 Å². The topological polar surface area (TPSA) is 43.4 Å². The summed E-state index contributed by atoms with van der Waals surface area (Å²) in [5, 5.41) is 0. The Balaban J connectivity index is 1.91. The first kappa shape index (κ1) is 14.4. The Morgan fingerprint density at radius 1 is 1.32 bits per heavy atom. The lowest BCUT2D eigenvalue weighted by atomic mass is 10.0. The fourth-order valence-electron chi connectivity index (χ4n) is 2.41. The summed E-state index contributed by atoms with van der Waals surface area (Å²) >= 11 is 0. The highest BCUT2D eigenvalue weighted by Crippen LogP contribution is 2.23. The molecule has 0 fully saturated rings. The number of benzene rings is 1. The van der Waals surface area contributed by atoms with Gasteiger partial charge < -0.3 is 4.74 Å². The minimum absolute atomic E-state index is 0.00884. The van der Waals surface area contributed by atoms with Crippen LogP contribution in [0.5, 0.6) is 0 Å². The molecule has 1 aromatic carbocycles. The number of carbonyl (C=O) groups is 1. The first-order chi connectivity index (χ1) is 9.20. The predicted molar refractivity (Wildman–Crippen MR) is 77.2 cm³/mol. The maximum atomic E-state index is 12.1. The summed E-state index contributed by atoms with van der Waals surface area (Å²) in [5.74, 6) is 0.651. The molecule has 1 aliphatic rings. The van der Waals surface area contributed by atoms with Crippen molar-refractivity contribution < 1.29 is 13.7 Å². The molecule has 2 rings (SSSR count). The summed E-state index contributed by atoms with van der Waals surface area (Å²) in [6, 6.07) is 5.90. The van der Waals surface area contributed by atoms with Gasteiger partial charge in [-0.1, -0.05) is 12.1 Å². The van der Waals surface area contributed by atoms with E-state index in [-0.39, 0.29) is 11.5 Å². The van der Waals surface area contributed by atoms with Crippen LogP contribution in [0.25, 0.3) is 0 Å². The molecule has 1 aromatic rings. The lowest BCUT2D eigenvalue weighted by Gasteiger charge is -2.05. The molecule has 104 valence electrons. The minimum Gasteiger partial charge on any atom is -0.385 e. The molecule has 19 heavy (non-hydrogen) atoms. The number of hydrogen-bond donors (Lipinski definition) is 0. The van der Waals surface area contributed by atoms with Crippen LogP contribution in [0.2, 0.25) is 0 Å². The van der Waals surface area contributed by atoms with Crippen molar-refractivity contribution in [2.24, 2.45) is 0 Å². The van der Waals surface area contributed by atoms with Crippen molar-refractivity contribution >= 4 is 16.6 Å².